The van der Waals surface area contributed by atoms with E-state index in [1.54, 1.807) is 24.3 Å². The molecular formula is C14H21N5O2. The highest BCUT2D eigenvalue weighted by Crippen LogP contribution is 2.05. The molecule has 4 N–H and O–H groups in total. The van der Waals surface area contributed by atoms with Crippen LogP contribution in [0.5, 0.6) is 0 Å². The summed E-state index contributed by atoms with van der Waals surface area (Å²) in [5, 5.41) is 13.5. The molecular weight excluding hydrogens is 270 g/mol. The van der Waals surface area contributed by atoms with Crippen molar-refractivity contribution in [3.05, 3.63) is 35.4 Å². The minimum atomic E-state index is -0.0314. The van der Waals surface area contributed by atoms with Gasteiger partial charge in [0.1, 0.15) is 0 Å². The number of hydrogen-bond donors (Lipinski definition) is 3. The van der Waals surface area contributed by atoms with E-state index in [1.807, 2.05) is 5.01 Å². The van der Waals surface area contributed by atoms with Crippen molar-refractivity contribution in [1.82, 2.24) is 15.3 Å². The largest absolute Gasteiger partial charge is 0.409 e. The summed E-state index contributed by atoms with van der Waals surface area (Å²) < 4.78 is 0. The van der Waals surface area contributed by atoms with Gasteiger partial charge < -0.3 is 15.8 Å². The third-order valence-electron chi connectivity index (χ3n) is 3.51. The lowest BCUT2D eigenvalue weighted by Crippen LogP contribution is -2.52. The molecule has 0 aromatic heterocycles. The molecule has 1 aromatic rings. The zero-order valence-corrected chi connectivity index (χ0v) is 12.1. The first kappa shape index (κ1) is 15.3. The number of nitrogens with one attached hydrogen (secondary N) is 1. The average molecular weight is 291 g/mol. The van der Waals surface area contributed by atoms with Crippen LogP contribution in [-0.2, 0) is 11.2 Å². The summed E-state index contributed by atoms with van der Waals surface area (Å²) in [5.41, 5.74) is 9.92. The molecule has 1 amide bonds. The molecule has 7 nitrogen and oxygen atoms in total. The minimum absolute atomic E-state index is 0.0314. The lowest BCUT2D eigenvalue weighted by molar-refractivity contribution is -0.126. The standard InChI is InChI=1S/C14H21N5O2/c1-18-6-8-19(9-7-18)16-13(20)10-11-2-4-12(5-3-11)14(15)17-21/h2-5,21H,6-10H2,1H3,(H2,15,17)(H,16,20). The summed E-state index contributed by atoms with van der Waals surface area (Å²) in [6.07, 6.45) is 0.308. The van der Waals surface area contributed by atoms with Gasteiger partial charge in [-0.3, -0.25) is 10.2 Å². The number of amides is 1. The molecule has 2 rings (SSSR count). The van der Waals surface area contributed by atoms with E-state index in [9.17, 15) is 4.79 Å². The Morgan fingerprint density at radius 2 is 1.90 bits per heavy atom. The molecule has 114 valence electrons. The van der Waals surface area contributed by atoms with Gasteiger partial charge in [0.15, 0.2) is 5.84 Å². The maximum absolute atomic E-state index is 12.0. The second kappa shape index (κ2) is 7.05. The fraction of sp³-hybridized carbons (Fsp3) is 0.429. The van der Waals surface area contributed by atoms with E-state index in [1.165, 1.54) is 0 Å². The Balaban J connectivity index is 1.85. The van der Waals surface area contributed by atoms with Crippen LogP contribution in [0.4, 0.5) is 0 Å². The zero-order valence-electron chi connectivity index (χ0n) is 12.1. The lowest BCUT2D eigenvalue weighted by atomic mass is 10.1. The lowest BCUT2D eigenvalue weighted by Gasteiger charge is -2.32. The van der Waals surface area contributed by atoms with E-state index in [4.69, 9.17) is 10.9 Å². The normalized spacial score (nSPS) is 17.7. The van der Waals surface area contributed by atoms with Gasteiger partial charge in [0.05, 0.1) is 6.42 Å². The molecule has 0 spiro atoms. The number of rotatable bonds is 4. The fourth-order valence-electron chi connectivity index (χ4n) is 2.17. The predicted molar refractivity (Wildman–Crippen MR) is 79.9 cm³/mol. The predicted octanol–water partition coefficient (Wildman–Crippen LogP) is -0.398. The van der Waals surface area contributed by atoms with Crippen molar-refractivity contribution >= 4 is 11.7 Å². The Morgan fingerprint density at radius 1 is 1.29 bits per heavy atom. The number of hydrazine groups is 1. The Kier molecular flexibility index (Phi) is 5.13. The average Bonchev–Trinajstić information content (AvgIpc) is 2.49. The first-order valence-electron chi connectivity index (χ1n) is 6.88. The maximum atomic E-state index is 12.0. The van der Waals surface area contributed by atoms with Crippen molar-refractivity contribution in [3.63, 3.8) is 0 Å². The summed E-state index contributed by atoms with van der Waals surface area (Å²) in [6, 6.07) is 7.06. The molecule has 1 aliphatic rings. The molecule has 0 unspecified atom stereocenters. The van der Waals surface area contributed by atoms with Crippen LogP contribution < -0.4 is 11.2 Å². The third kappa shape index (κ3) is 4.44. The van der Waals surface area contributed by atoms with Crippen molar-refractivity contribution in [3.8, 4) is 0 Å². The molecule has 1 fully saturated rings. The first-order chi connectivity index (χ1) is 10.1. The van der Waals surface area contributed by atoms with Crippen molar-refractivity contribution in [2.24, 2.45) is 10.9 Å². The van der Waals surface area contributed by atoms with Gasteiger partial charge in [-0.05, 0) is 12.6 Å². The number of hydrogen-bond acceptors (Lipinski definition) is 5. The van der Waals surface area contributed by atoms with E-state index in [-0.39, 0.29) is 11.7 Å². The first-order valence-corrected chi connectivity index (χ1v) is 6.88. The minimum Gasteiger partial charge on any atom is -0.409 e. The quantitative estimate of drug-likeness (QED) is 0.304. The molecule has 21 heavy (non-hydrogen) atoms. The number of amidine groups is 1. The topological polar surface area (TPSA) is 94.2 Å². The summed E-state index contributed by atoms with van der Waals surface area (Å²) in [4.78, 5) is 14.2. The van der Waals surface area contributed by atoms with Crippen LogP contribution in [-0.4, -0.2) is 60.1 Å². The number of nitrogens with zero attached hydrogens (tertiary/aromatic N) is 3. The molecule has 0 radical (unpaired) electrons. The fourth-order valence-corrected chi connectivity index (χ4v) is 2.17. The summed E-state index contributed by atoms with van der Waals surface area (Å²) in [7, 11) is 2.07. The smallest absolute Gasteiger partial charge is 0.238 e. The van der Waals surface area contributed by atoms with Crippen LogP contribution in [0, 0.1) is 0 Å². The van der Waals surface area contributed by atoms with Gasteiger partial charge in [-0.15, -0.1) is 0 Å². The molecule has 7 heteroatoms. The van der Waals surface area contributed by atoms with Crippen molar-refractivity contribution in [1.29, 1.82) is 0 Å². The van der Waals surface area contributed by atoms with E-state index in [0.29, 0.717) is 12.0 Å². The van der Waals surface area contributed by atoms with Gasteiger partial charge in [-0.1, -0.05) is 29.4 Å². The van der Waals surface area contributed by atoms with Crippen LogP contribution in [0.2, 0.25) is 0 Å². The van der Waals surface area contributed by atoms with Crippen LogP contribution in [0.25, 0.3) is 0 Å². The summed E-state index contributed by atoms with van der Waals surface area (Å²) in [5.74, 6) is 0.0274. The second-order valence-corrected chi connectivity index (χ2v) is 5.18. The second-order valence-electron chi connectivity index (χ2n) is 5.18. The van der Waals surface area contributed by atoms with Crippen LogP contribution >= 0.6 is 0 Å². The van der Waals surface area contributed by atoms with Crippen LogP contribution in [0.1, 0.15) is 11.1 Å². The highest BCUT2D eigenvalue weighted by atomic mass is 16.4. The summed E-state index contributed by atoms with van der Waals surface area (Å²) >= 11 is 0. The van der Waals surface area contributed by atoms with E-state index >= 15 is 0 Å². The molecule has 1 heterocycles. The molecule has 1 saturated heterocycles. The van der Waals surface area contributed by atoms with Gasteiger partial charge >= 0.3 is 0 Å². The van der Waals surface area contributed by atoms with Crippen molar-refractivity contribution < 1.29 is 10.0 Å². The van der Waals surface area contributed by atoms with Gasteiger partial charge in [-0.2, -0.15) is 0 Å². The van der Waals surface area contributed by atoms with Crippen molar-refractivity contribution in [2.75, 3.05) is 33.2 Å². The zero-order chi connectivity index (χ0) is 15.2. The molecule has 0 saturated carbocycles. The number of piperazine rings is 1. The number of carbonyl (C=O) groups is 1. The molecule has 1 aliphatic heterocycles. The molecule has 0 bridgehead atoms. The highest BCUT2D eigenvalue weighted by molar-refractivity contribution is 5.97. The van der Waals surface area contributed by atoms with Gasteiger partial charge in [0.2, 0.25) is 5.91 Å². The summed E-state index contributed by atoms with van der Waals surface area (Å²) in [6.45, 7) is 3.58. The van der Waals surface area contributed by atoms with E-state index in [2.05, 4.69) is 22.5 Å². The van der Waals surface area contributed by atoms with Crippen molar-refractivity contribution in [2.45, 2.75) is 6.42 Å². The Bertz CT molecular complexity index is 507. The van der Waals surface area contributed by atoms with Crippen LogP contribution in [0.15, 0.2) is 29.4 Å². The Morgan fingerprint density at radius 3 is 2.48 bits per heavy atom. The Hall–Kier alpha value is -2.12. The van der Waals surface area contributed by atoms with Gasteiger partial charge in [0, 0.05) is 31.7 Å². The highest BCUT2D eigenvalue weighted by Gasteiger charge is 2.15. The van der Waals surface area contributed by atoms with Gasteiger partial charge in [-0.25, -0.2) is 5.01 Å². The maximum Gasteiger partial charge on any atom is 0.238 e. The number of carbonyl (C=O) groups excluding carboxylic acids is 1. The van der Waals surface area contributed by atoms with E-state index in [0.717, 1.165) is 31.7 Å². The molecule has 0 aliphatic carbocycles. The monoisotopic (exact) mass is 291 g/mol. The number of oxime groups is 1. The SMILES string of the molecule is CN1CCN(NC(=O)Cc2ccc(/C(N)=N/O)cc2)CC1. The number of nitrogens with two attached hydrogens (primary N) is 1. The third-order valence-corrected chi connectivity index (χ3v) is 3.51. The molecule has 1 aromatic carbocycles. The van der Waals surface area contributed by atoms with Gasteiger partial charge in [0.25, 0.3) is 0 Å². The number of benzene rings is 1. The molecule has 0 atom stereocenters. The van der Waals surface area contributed by atoms with Crippen LogP contribution in [0.3, 0.4) is 0 Å². The Labute approximate surface area is 124 Å². The number of likely N-dealkylation sites (N-methyl/N-ethyl adjacent to an activating group) is 1. The van der Waals surface area contributed by atoms with E-state index < -0.39 is 0 Å².